The third kappa shape index (κ3) is 4.76. The molecule has 5 rings (SSSR count). The van der Waals surface area contributed by atoms with Gasteiger partial charge in [0.1, 0.15) is 6.04 Å². The summed E-state index contributed by atoms with van der Waals surface area (Å²) >= 11 is 0. The average molecular weight is 482 g/mol. The van der Waals surface area contributed by atoms with Crippen LogP contribution in [0.1, 0.15) is 28.3 Å². The van der Waals surface area contributed by atoms with Crippen LogP contribution in [0.25, 0.3) is 0 Å². The molecule has 0 saturated carbocycles. The molecule has 4 aromatic rings. The van der Waals surface area contributed by atoms with E-state index in [0.29, 0.717) is 12.3 Å². The molecule has 1 aliphatic heterocycles. The minimum atomic E-state index is -3.90. The Kier molecular flexibility index (Phi) is 6.49. The molecule has 0 fully saturated rings. The van der Waals surface area contributed by atoms with E-state index in [-0.39, 0.29) is 10.9 Å². The van der Waals surface area contributed by atoms with Crippen molar-refractivity contribution in [1.82, 2.24) is 9.73 Å². The van der Waals surface area contributed by atoms with E-state index < -0.39 is 16.1 Å². The molecule has 5 nitrogen and oxygen atoms in total. The highest BCUT2D eigenvalue weighted by Gasteiger charge is 2.44. The van der Waals surface area contributed by atoms with Crippen LogP contribution in [0.3, 0.4) is 0 Å². The van der Waals surface area contributed by atoms with Crippen molar-refractivity contribution in [1.29, 1.82) is 0 Å². The number of hydrogen-bond acceptors (Lipinski definition) is 4. The van der Waals surface area contributed by atoms with E-state index in [1.54, 1.807) is 12.1 Å². The van der Waals surface area contributed by atoms with Crippen LogP contribution in [0.4, 0.5) is 0 Å². The topological polar surface area (TPSA) is 61.8 Å². The highest BCUT2D eigenvalue weighted by atomic mass is 32.2. The van der Waals surface area contributed by atoms with Crippen molar-refractivity contribution < 1.29 is 8.42 Å². The maximum absolute atomic E-state index is 13.9. The first-order chi connectivity index (χ1) is 17.0. The number of nitrogens with one attached hydrogen (secondary N) is 1. The number of hydrogen-bond donors (Lipinski definition) is 1. The zero-order valence-corrected chi connectivity index (χ0v) is 20.3. The zero-order valence-electron chi connectivity index (χ0n) is 19.5. The van der Waals surface area contributed by atoms with E-state index in [0.717, 1.165) is 22.3 Å². The van der Waals surface area contributed by atoms with Crippen molar-refractivity contribution in [3.8, 4) is 0 Å². The highest BCUT2D eigenvalue weighted by Crippen LogP contribution is 2.37. The monoisotopic (exact) mass is 481 g/mol. The lowest BCUT2D eigenvalue weighted by atomic mass is 9.93. The molecule has 0 aromatic heterocycles. The van der Waals surface area contributed by atoms with Crippen LogP contribution >= 0.6 is 0 Å². The van der Waals surface area contributed by atoms with E-state index in [2.05, 4.69) is 17.4 Å². The lowest BCUT2D eigenvalue weighted by molar-refractivity contribution is 0.331. The van der Waals surface area contributed by atoms with Gasteiger partial charge in [-0.05, 0) is 35.7 Å². The van der Waals surface area contributed by atoms with Gasteiger partial charge in [-0.2, -0.15) is 17.9 Å². The smallest absolute Gasteiger partial charge is 0.279 e. The fourth-order valence-electron chi connectivity index (χ4n) is 4.38. The summed E-state index contributed by atoms with van der Waals surface area (Å²) in [5.41, 5.74) is 4.59. The standard InChI is InChI=1S/C29H27N3O2S/c1-22-17-19-26(20-18-22)35(33,34)32-29(25-15-9-4-10-16-25)28(30-21-23-11-5-2-6-12-23)27(31-32)24-13-7-3-8-14-24/h2-20,28-30H,21H2,1H3/t28-,29+/m0/s1. The summed E-state index contributed by atoms with van der Waals surface area (Å²) in [7, 11) is -3.90. The summed E-state index contributed by atoms with van der Waals surface area (Å²) in [5, 5.41) is 8.40. The minimum Gasteiger partial charge on any atom is -0.302 e. The average Bonchev–Trinajstić information content (AvgIpc) is 3.30. The molecule has 0 unspecified atom stereocenters. The third-order valence-corrected chi connectivity index (χ3v) is 7.87. The third-order valence-electron chi connectivity index (χ3n) is 6.20. The minimum absolute atomic E-state index is 0.226. The summed E-state index contributed by atoms with van der Waals surface area (Å²) < 4.78 is 29.1. The van der Waals surface area contributed by atoms with Crippen LogP contribution in [0.5, 0.6) is 0 Å². The molecule has 1 N–H and O–H groups in total. The Morgan fingerprint density at radius 1 is 0.771 bits per heavy atom. The summed E-state index contributed by atoms with van der Waals surface area (Å²) in [4.78, 5) is 0.226. The number of benzene rings is 4. The van der Waals surface area contributed by atoms with Gasteiger partial charge in [0.2, 0.25) is 0 Å². The molecule has 0 radical (unpaired) electrons. The van der Waals surface area contributed by atoms with Crippen molar-refractivity contribution in [3.05, 3.63) is 138 Å². The van der Waals surface area contributed by atoms with Crippen LogP contribution in [0.15, 0.2) is 125 Å². The molecule has 2 atom stereocenters. The van der Waals surface area contributed by atoms with Gasteiger partial charge in [0.05, 0.1) is 16.6 Å². The number of aryl methyl sites for hydroxylation is 1. The van der Waals surface area contributed by atoms with Gasteiger partial charge >= 0.3 is 0 Å². The lowest BCUT2D eigenvalue weighted by Crippen LogP contribution is -2.42. The summed E-state index contributed by atoms with van der Waals surface area (Å²) in [6, 6.07) is 35.6. The molecule has 0 spiro atoms. The van der Waals surface area contributed by atoms with Gasteiger partial charge in [-0.25, -0.2) is 0 Å². The first-order valence-electron chi connectivity index (χ1n) is 11.6. The number of rotatable bonds is 7. The second kappa shape index (κ2) is 9.86. The summed E-state index contributed by atoms with van der Waals surface area (Å²) in [6.45, 7) is 2.52. The fourth-order valence-corrected chi connectivity index (χ4v) is 5.81. The first kappa shape index (κ1) is 23.0. The van der Waals surface area contributed by atoms with Gasteiger partial charge in [-0.15, -0.1) is 0 Å². The normalized spacial score (nSPS) is 17.9. The molecule has 0 amide bonds. The number of nitrogens with zero attached hydrogens (tertiary/aromatic N) is 2. The second-order valence-corrected chi connectivity index (χ2v) is 10.4. The Morgan fingerprint density at radius 3 is 1.97 bits per heavy atom. The molecular formula is C29H27N3O2S. The molecular weight excluding hydrogens is 454 g/mol. The maximum atomic E-state index is 13.9. The largest absolute Gasteiger partial charge is 0.302 e. The van der Waals surface area contributed by atoms with Gasteiger partial charge in [-0.3, -0.25) is 0 Å². The molecule has 35 heavy (non-hydrogen) atoms. The first-order valence-corrected chi connectivity index (χ1v) is 13.1. The zero-order chi connectivity index (χ0) is 24.3. The van der Waals surface area contributed by atoms with Crippen LogP contribution in [0.2, 0.25) is 0 Å². The molecule has 176 valence electrons. The van der Waals surface area contributed by atoms with Gasteiger partial charge in [0, 0.05) is 6.54 Å². The predicted molar refractivity (Wildman–Crippen MR) is 139 cm³/mol. The molecule has 1 heterocycles. The van der Waals surface area contributed by atoms with E-state index >= 15 is 0 Å². The molecule has 1 aliphatic rings. The SMILES string of the molecule is Cc1ccc(S(=O)(=O)N2N=C(c3ccccc3)[C@H](NCc3ccccc3)[C@H]2c2ccccc2)cc1. The fraction of sp³-hybridized carbons (Fsp3) is 0.138. The van der Waals surface area contributed by atoms with Gasteiger partial charge in [-0.1, -0.05) is 109 Å². The van der Waals surface area contributed by atoms with Crippen molar-refractivity contribution in [3.63, 3.8) is 0 Å². The van der Waals surface area contributed by atoms with Crippen LogP contribution in [-0.4, -0.2) is 24.6 Å². The van der Waals surface area contributed by atoms with Crippen LogP contribution in [0, 0.1) is 6.92 Å². The van der Waals surface area contributed by atoms with E-state index in [4.69, 9.17) is 5.10 Å². The van der Waals surface area contributed by atoms with Crippen molar-refractivity contribution in [2.75, 3.05) is 0 Å². The van der Waals surface area contributed by atoms with E-state index in [1.165, 1.54) is 4.41 Å². The second-order valence-electron chi connectivity index (χ2n) is 8.64. The van der Waals surface area contributed by atoms with Crippen molar-refractivity contribution >= 4 is 15.7 Å². The Morgan fingerprint density at radius 2 is 1.34 bits per heavy atom. The maximum Gasteiger partial charge on any atom is 0.279 e. The molecule has 0 aliphatic carbocycles. The van der Waals surface area contributed by atoms with Gasteiger partial charge < -0.3 is 5.32 Å². The summed E-state index contributed by atoms with van der Waals surface area (Å²) in [6.07, 6.45) is 0. The Balaban J connectivity index is 1.62. The lowest BCUT2D eigenvalue weighted by Gasteiger charge is -2.28. The van der Waals surface area contributed by atoms with Crippen LogP contribution < -0.4 is 5.32 Å². The van der Waals surface area contributed by atoms with Crippen molar-refractivity contribution in [2.45, 2.75) is 30.4 Å². The van der Waals surface area contributed by atoms with Gasteiger partial charge in [0.25, 0.3) is 10.0 Å². The van der Waals surface area contributed by atoms with Crippen molar-refractivity contribution in [2.24, 2.45) is 5.10 Å². The van der Waals surface area contributed by atoms with E-state index in [9.17, 15) is 8.42 Å². The molecule has 4 aromatic carbocycles. The Labute approximate surface area is 206 Å². The quantitative estimate of drug-likeness (QED) is 0.389. The molecule has 0 bridgehead atoms. The van der Waals surface area contributed by atoms with Gasteiger partial charge in [0.15, 0.2) is 0 Å². The predicted octanol–water partition coefficient (Wildman–Crippen LogP) is 5.30. The molecule has 0 saturated heterocycles. The Bertz CT molecular complexity index is 1410. The summed E-state index contributed by atoms with van der Waals surface area (Å²) in [5.74, 6) is 0. The number of sulfonamides is 1. The Hall–Kier alpha value is -3.74. The number of hydrazone groups is 1. The highest BCUT2D eigenvalue weighted by molar-refractivity contribution is 7.89. The van der Waals surface area contributed by atoms with E-state index in [1.807, 2.05) is 97.9 Å². The van der Waals surface area contributed by atoms with Crippen LogP contribution in [-0.2, 0) is 16.6 Å². The molecule has 6 heteroatoms.